The Morgan fingerprint density at radius 3 is 2.41 bits per heavy atom. The van der Waals surface area contributed by atoms with Gasteiger partial charge in [-0.15, -0.1) is 0 Å². The van der Waals surface area contributed by atoms with Crippen LogP contribution in [-0.4, -0.2) is 14.3 Å². The van der Waals surface area contributed by atoms with E-state index in [1.807, 2.05) is 0 Å². The average Bonchev–Trinajstić information content (AvgIpc) is 2.90. The van der Waals surface area contributed by atoms with Crippen molar-refractivity contribution in [2.75, 3.05) is 0 Å². The highest BCUT2D eigenvalue weighted by molar-refractivity contribution is 7.90. The maximum atomic E-state index is 13.0. The van der Waals surface area contributed by atoms with Crippen LogP contribution in [0.5, 0.6) is 0 Å². The van der Waals surface area contributed by atoms with Crippen molar-refractivity contribution in [2.24, 2.45) is 0 Å². The molecule has 1 N–H and O–H groups in total. The van der Waals surface area contributed by atoms with Gasteiger partial charge in [-0.2, -0.15) is 13.2 Å². The van der Waals surface area contributed by atoms with Gasteiger partial charge in [-0.25, -0.2) is 17.5 Å². The molecule has 5 nitrogen and oxygen atoms in total. The van der Waals surface area contributed by atoms with E-state index in [0.29, 0.717) is 12.1 Å². The highest BCUT2D eigenvalue weighted by Gasteiger charge is 2.38. The number of nitrogens with one attached hydrogen (secondary N) is 1. The predicted molar refractivity (Wildman–Crippen MR) is 64.8 cm³/mol. The number of sulfonamides is 1. The first kappa shape index (κ1) is 16.0. The lowest BCUT2D eigenvalue weighted by Gasteiger charge is -2.13. The van der Waals surface area contributed by atoms with Gasteiger partial charge in [0.05, 0.1) is 22.3 Å². The molecule has 0 aliphatic rings. The van der Waals surface area contributed by atoms with Crippen LogP contribution in [0.25, 0.3) is 0 Å². The number of hydrogen-bond acceptors (Lipinski definition) is 4. The summed E-state index contributed by atoms with van der Waals surface area (Å²) in [7, 11) is -4.84. The maximum absolute atomic E-state index is 13.0. The van der Waals surface area contributed by atoms with Gasteiger partial charge in [0.15, 0.2) is 0 Å². The standard InChI is InChI=1S/C12H7F4NO4S/c13-8-1-2-10(9(5-8)12(14,15)16)22(19,20)17-11(18)7-3-4-21-6-7/h1-6H,(H,17,18). The van der Waals surface area contributed by atoms with Gasteiger partial charge in [-0.05, 0) is 24.3 Å². The Morgan fingerprint density at radius 1 is 1.18 bits per heavy atom. The first-order valence-electron chi connectivity index (χ1n) is 5.57. The van der Waals surface area contributed by atoms with E-state index in [1.165, 1.54) is 4.72 Å². The largest absolute Gasteiger partial charge is 0.472 e. The predicted octanol–water partition coefficient (Wildman–Crippen LogP) is 2.56. The molecule has 0 unspecified atom stereocenters. The molecule has 0 saturated carbocycles. The number of rotatable bonds is 3. The van der Waals surface area contributed by atoms with E-state index in [-0.39, 0.29) is 11.6 Å². The quantitative estimate of drug-likeness (QED) is 0.874. The molecule has 0 fully saturated rings. The molecule has 10 heteroatoms. The summed E-state index contributed by atoms with van der Waals surface area (Å²) in [5.41, 5.74) is -1.90. The lowest BCUT2D eigenvalue weighted by Crippen LogP contribution is -2.32. The minimum atomic E-state index is -5.11. The number of amides is 1. The first-order valence-corrected chi connectivity index (χ1v) is 7.05. The number of halogens is 4. The average molecular weight is 337 g/mol. The number of carbonyl (C=O) groups is 1. The third-order valence-corrected chi connectivity index (χ3v) is 3.94. The normalized spacial score (nSPS) is 12.2. The number of alkyl halides is 3. The van der Waals surface area contributed by atoms with Crippen LogP contribution in [0.15, 0.2) is 46.1 Å². The van der Waals surface area contributed by atoms with Gasteiger partial charge in [0.25, 0.3) is 15.9 Å². The second kappa shape index (κ2) is 5.44. The molecule has 118 valence electrons. The van der Waals surface area contributed by atoms with Crippen LogP contribution in [0.3, 0.4) is 0 Å². The molecule has 22 heavy (non-hydrogen) atoms. The van der Waals surface area contributed by atoms with Gasteiger partial charge >= 0.3 is 6.18 Å². The lowest BCUT2D eigenvalue weighted by atomic mass is 10.2. The molecule has 2 aromatic rings. The van der Waals surface area contributed by atoms with E-state index in [2.05, 4.69) is 4.42 Å². The molecule has 2 rings (SSSR count). The third kappa shape index (κ3) is 3.27. The zero-order valence-corrected chi connectivity index (χ0v) is 11.3. The molecule has 0 spiro atoms. The van der Waals surface area contributed by atoms with Gasteiger partial charge in [-0.1, -0.05) is 0 Å². The molecule has 1 heterocycles. The van der Waals surface area contributed by atoms with Crippen LogP contribution < -0.4 is 4.72 Å². The number of carbonyl (C=O) groups excluding carboxylic acids is 1. The van der Waals surface area contributed by atoms with E-state index in [0.717, 1.165) is 18.6 Å². The van der Waals surface area contributed by atoms with Crippen LogP contribution in [-0.2, 0) is 16.2 Å². The van der Waals surface area contributed by atoms with Crippen molar-refractivity contribution < 1.29 is 35.2 Å². The van der Waals surface area contributed by atoms with Gasteiger partial charge < -0.3 is 4.42 Å². The fourth-order valence-electron chi connectivity index (χ4n) is 1.59. The topological polar surface area (TPSA) is 76.4 Å². The molecule has 1 aromatic heterocycles. The van der Waals surface area contributed by atoms with Crippen molar-refractivity contribution in [3.8, 4) is 0 Å². The van der Waals surface area contributed by atoms with E-state index in [4.69, 9.17) is 0 Å². The monoisotopic (exact) mass is 337 g/mol. The molecule has 0 atom stereocenters. The molecular formula is C12H7F4NO4S. The van der Waals surface area contributed by atoms with Gasteiger partial charge in [-0.3, -0.25) is 4.79 Å². The van der Waals surface area contributed by atoms with Gasteiger partial charge in [0.1, 0.15) is 12.1 Å². The van der Waals surface area contributed by atoms with E-state index in [9.17, 15) is 30.8 Å². The Balaban J connectivity index is 2.44. The molecule has 0 aliphatic carbocycles. The Bertz CT molecular complexity index is 797. The lowest BCUT2D eigenvalue weighted by molar-refractivity contribution is -0.140. The van der Waals surface area contributed by atoms with Crippen LogP contribution in [0, 0.1) is 5.82 Å². The van der Waals surface area contributed by atoms with Crippen molar-refractivity contribution in [3.63, 3.8) is 0 Å². The Labute approximate surface area is 121 Å². The van der Waals surface area contributed by atoms with Crippen LogP contribution in [0.4, 0.5) is 17.6 Å². The summed E-state index contributed by atoms with van der Waals surface area (Å²) in [6.45, 7) is 0. The Kier molecular flexibility index (Phi) is 3.96. The molecule has 1 amide bonds. The van der Waals surface area contributed by atoms with E-state index < -0.39 is 38.4 Å². The number of furan rings is 1. The fourth-order valence-corrected chi connectivity index (χ4v) is 2.77. The number of hydrogen-bond donors (Lipinski definition) is 1. The third-order valence-electron chi connectivity index (χ3n) is 2.55. The molecule has 1 aromatic carbocycles. The highest BCUT2D eigenvalue weighted by atomic mass is 32.2. The van der Waals surface area contributed by atoms with Crippen molar-refractivity contribution in [1.29, 1.82) is 0 Å². The Morgan fingerprint density at radius 2 is 1.86 bits per heavy atom. The zero-order chi connectivity index (χ0) is 16.5. The summed E-state index contributed by atoms with van der Waals surface area (Å²) >= 11 is 0. The van der Waals surface area contributed by atoms with E-state index >= 15 is 0 Å². The van der Waals surface area contributed by atoms with Crippen molar-refractivity contribution in [2.45, 2.75) is 11.1 Å². The smallest absolute Gasteiger partial charge is 0.417 e. The second-order valence-corrected chi connectivity index (χ2v) is 5.74. The summed E-state index contributed by atoms with van der Waals surface area (Å²) in [6, 6.07) is 2.15. The minimum absolute atomic E-state index is 0.0386. The van der Waals surface area contributed by atoms with Crippen molar-refractivity contribution in [1.82, 2.24) is 4.72 Å². The highest BCUT2D eigenvalue weighted by Crippen LogP contribution is 2.34. The van der Waals surface area contributed by atoms with E-state index in [1.54, 1.807) is 0 Å². The molecule has 0 aliphatic heterocycles. The summed E-state index contributed by atoms with van der Waals surface area (Å²) in [5.74, 6) is -2.43. The zero-order valence-electron chi connectivity index (χ0n) is 10.5. The van der Waals surface area contributed by atoms with Crippen LogP contribution >= 0.6 is 0 Å². The molecular weight excluding hydrogens is 330 g/mol. The van der Waals surface area contributed by atoms with Gasteiger partial charge in [0, 0.05) is 0 Å². The van der Waals surface area contributed by atoms with Crippen molar-refractivity contribution >= 4 is 15.9 Å². The Hall–Kier alpha value is -2.36. The van der Waals surface area contributed by atoms with Crippen LogP contribution in [0.2, 0.25) is 0 Å². The SMILES string of the molecule is O=C(NS(=O)(=O)c1ccc(F)cc1C(F)(F)F)c1ccoc1. The first-order chi connectivity index (χ1) is 10.1. The fraction of sp³-hybridized carbons (Fsp3) is 0.0833. The second-order valence-electron chi connectivity index (χ2n) is 4.08. The molecule has 0 saturated heterocycles. The number of benzene rings is 1. The van der Waals surface area contributed by atoms with Gasteiger partial charge in [0.2, 0.25) is 0 Å². The van der Waals surface area contributed by atoms with Crippen molar-refractivity contribution in [3.05, 3.63) is 53.7 Å². The summed E-state index contributed by atoms with van der Waals surface area (Å²) in [5, 5.41) is 0. The van der Waals surface area contributed by atoms with Crippen LogP contribution in [0.1, 0.15) is 15.9 Å². The summed E-state index contributed by atoms with van der Waals surface area (Å²) in [4.78, 5) is 10.4. The summed E-state index contributed by atoms with van der Waals surface area (Å²) in [6.07, 6.45) is -3.11. The maximum Gasteiger partial charge on any atom is 0.417 e. The summed E-state index contributed by atoms with van der Waals surface area (Å²) < 4.78 is 81.3. The molecule has 0 bridgehead atoms. The minimum Gasteiger partial charge on any atom is -0.472 e. The molecule has 0 radical (unpaired) electrons.